The molecule has 2 aromatic rings. The van der Waals surface area contributed by atoms with E-state index in [9.17, 15) is 0 Å². The molecular formula is C18H21NO2. The van der Waals surface area contributed by atoms with Crippen LogP contribution in [0.3, 0.4) is 0 Å². The Morgan fingerprint density at radius 1 is 1.14 bits per heavy atom. The third kappa shape index (κ3) is 2.74. The highest BCUT2D eigenvalue weighted by atomic mass is 16.5. The van der Waals surface area contributed by atoms with Crippen molar-refractivity contribution < 1.29 is 9.47 Å². The topological polar surface area (TPSA) is 44.5 Å². The van der Waals surface area contributed by atoms with E-state index in [4.69, 9.17) is 15.2 Å². The van der Waals surface area contributed by atoms with Crippen LogP contribution in [0, 0.1) is 0 Å². The van der Waals surface area contributed by atoms with Gasteiger partial charge in [0.25, 0.3) is 0 Å². The van der Waals surface area contributed by atoms with Crippen molar-refractivity contribution in [3.8, 4) is 22.6 Å². The van der Waals surface area contributed by atoms with Crippen molar-refractivity contribution in [1.82, 2.24) is 0 Å². The summed E-state index contributed by atoms with van der Waals surface area (Å²) in [6, 6.07) is 14.4. The van der Waals surface area contributed by atoms with Crippen LogP contribution >= 0.6 is 0 Å². The van der Waals surface area contributed by atoms with Gasteiger partial charge in [-0.15, -0.1) is 0 Å². The minimum absolute atomic E-state index is 0.0827. The van der Waals surface area contributed by atoms with Crippen molar-refractivity contribution >= 4 is 0 Å². The Bertz CT molecular complexity index is 637. The molecule has 3 rings (SSSR count). The monoisotopic (exact) mass is 283 g/mol. The molecule has 0 saturated heterocycles. The molecule has 0 bridgehead atoms. The van der Waals surface area contributed by atoms with Gasteiger partial charge >= 0.3 is 0 Å². The summed E-state index contributed by atoms with van der Waals surface area (Å²) in [6.45, 7) is 4.61. The number of para-hydroxylation sites is 2. The van der Waals surface area contributed by atoms with Crippen molar-refractivity contribution in [2.75, 3.05) is 6.54 Å². The first-order valence-corrected chi connectivity index (χ1v) is 7.43. The van der Waals surface area contributed by atoms with Gasteiger partial charge in [0.1, 0.15) is 17.6 Å². The number of nitrogens with two attached hydrogens (primary N) is 1. The third-order valence-electron chi connectivity index (χ3n) is 3.63. The lowest BCUT2D eigenvalue weighted by Crippen LogP contribution is -2.24. The van der Waals surface area contributed by atoms with Gasteiger partial charge in [0.2, 0.25) is 0 Å². The second-order valence-electron chi connectivity index (χ2n) is 5.64. The lowest BCUT2D eigenvalue weighted by molar-refractivity contribution is 0.239. The summed E-state index contributed by atoms with van der Waals surface area (Å²) in [7, 11) is 0. The zero-order valence-corrected chi connectivity index (χ0v) is 12.5. The van der Waals surface area contributed by atoms with Crippen molar-refractivity contribution in [2.45, 2.75) is 32.5 Å². The van der Waals surface area contributed by atoms with Gasteiger partial charge in [-0.25, -0.2) is 0 Å². The number of rotatable bonds is 4. The van der Waals surface area contributed by atoms with Gasteiger partial charge < -0.3 is 15.2 Å². The van der Waals surface area contributed by atoms with Crippen LogP contribution in [-0.2, 0) is 6.42 Å². The number of hydrogen-bond acceptors (Lipinski definition) is 3. The molecule has 1 atom stereocenters. The smallest absolute Gasteiger partial charge is 0.131 e. The van der Waals surface area contributed by atoms with Crippen LogP contribution in [0.1, 0.15) is 19.4 Å². The highest BCUT2D eigenvalue weighted by molar-refractivity contribution is 5.77. The van der Waals surface area contributed by atoms with E-state index in [2.05, 4.69) is 24.3 Å². The fourth-order valence-corrected chi connectivity index (χ4v) is 2.73. The summed E-state index contributed by atoms with van der Waals surface area (Å²) in [5, 5.41) is 0. The molecule has 0 spiro atoms. The van der Waals surface area contributed by atoms with E-state index < -0.39 is 0 Å². The lowest BCUT2D eigenvalue weighted by Gasteiger charge is -2.16. The average molecular weight is 283 g/mol. The first-order valence-electron chi connectivity index (χ1n) is 7.43. The Balaban J connectivity index is 2.05. The van der Waals surface area contributed by atoms with Crippen LogP contribution in [0.25, 0.3) is 11.1 Å². The Morgan fingerprint density at radius 3 is 2.67 bits per heavy atom. The highest BCUT2D eigenvalue weighted by Gasteiger charge is 2.25. The van der Waals surface area contributed by atoms with Gasteiger partial charge in [0.15, 0.2) is 0 Å². The minimum Gasteiger partial charge on any atom is -0.490 e. The van der Waals surface area contributed by atoms with Crippen molar-refractivity contribution in [2.24, 2.45) is 5.73 Å². The molecule has 110 valence electrons. The summed E-state index contributed by atoms with van der Waals surface area (Å²) < 4.78 is 12.0. The van der Waals surface area contributed by atoms with Crippen LogP contribution in [0.2, 0.25) is 0 Å². The summed E-state index contributed by atoms with van der Waals surface area (Å²) in [4.78, 5) is 0. The van der Waals surface area contributed by atoms with Crippen LogP contribution in [0.5, 0.6) is 11.5 Å². The minimum atomic E-state index is 0.0827. The molecule has 1 aliphatic heterocycles. The summed E-state index contributed by atoms with van der Waals surface area (Å²) >= 11 is 0. The predicted octanol–water partition coefficient (Wildman–Crippen LogP) is 3.40. The van der Waals surface area contributed by atoms with Crippen LogP contribution in [-0.4, -0.2) is 18.8 Å². The zero-order chi connectivity index (χ0) is 14.8. The summed E-state index contributed by atoms with van der Waals surface area (Å²) in [6.07, 6.45) is 1.10. The maximum Gasteiger partial charge on any atom is 0.131 e. The molecule has 3 heteroatoms. The van der Waals surface area contributed by atoms with E-state index in [0.717, 1.165) is 29.0 Å². The lowest BCUT2D eigenvalue weighted by atomic mass is 10.00. The van der Waals surface area contributed by atoms with E-state index in [-0.39, 0.29) is 12.2 Å². The van der Waals surface area contributed by atoms with Crippen molar-refractivity contribution in [3.63, 3.8) is 0 Å². The molecule has 21 heavy (non-hydrogen) atoms. The summed E-state index contributed by atoms with van der Waals surface area (Å²) in [5.74, 6) is 1.84. The molecule has 0 aromatic heterocycles. The van der Waals surface area contributed by atoms with E-state index in [1.807, 2.05) is 32.0 Å². The molecule has 2 aromatic carbocycles. The molecule has 1 aliphatic rings. The first kappa shape index (κ1) is 14.0. The molecule has 3 nitrogen and oxygen atoms in total. The third-order valence-corrected chi connectivity index (χ3v) is 3.63. The van der Waals surface area contributed by atoms with Gasteiger partial charge in [0.05, 0.1) is 6.10 Å². The second-order valence-corrected chi connectivity index (χ2v) is 5.64. The maximum absolute atomic E-state index is 6.02. The zero-order valence-electron chi connectivity index (χ0n) is 12.5. The predicted molar refractivity (Wildman–Crippen MR) is 84.8 cm³/mol. The largest absolute Gasteiger partial charge is 0.490 e. The van der Waals surface area contributed by atoms with E-state index in [1.54, 1.807) is 0 Å². The molecule has 0 radical (unpaired) electrons. The standard InChI is InChI=1S/C18H21NO2/c1-12(2)20-17-9-4-3-7-15(17)16-8-5-6-13-10-14(11-19)21-18(13)16/h3-9,12,14H,10-11,19H2,1-2H3/t14-/m1/s1. The molecule has 0 unspecified atom stereocenters. The Morgan fingerprint density at radius 2 is 1.90 bits per heavy atom. The van der Waals surface area contributed by atoms with E-state index in [0.29, 0.717) is 6.54 Å². The normalized spacial score (nSPS) is 16.7. The molecule has 2 N–H and O–H groups in total. The Labute approximate surface area is 125 Å². The van der Waals surface area contributed by atoms with Crippen molar-refractivity contribution in [3.05, 3.63) is 48.0 Å². The van der Waals surface area contributed by atoms with Crippen molar-refractivity contribution in [1.29, 1.82) is 0 Å². The Hall–Kier alpha value is -2.00. The fourth-order valence-electron chi connectivity index (χ4n) is 2.73. The molecule has 0 amide bonds. The number of fused-ring (bicyclic) bond motifs is 1. The number of benzene rings is 2. The van der Waals surface area contributed by atoms with Gasteiger partial charge in [0, 0.05) is 24.1 Å². The highest BCUT2D eigenvalue weighted by Crippen LogP contribution is 2.42. The van der Waals surface area contributed by atoms with Gasteiger partial charge in [-0.05, 0) is 25.5 Å². The Kier molecular flexibility index (Phi) is 3.84. The van der Waals surface area contributed by atoms with Crippen LogP contribution in [0.15, 0.2) is 42.5 Å². The molecule has 0 aliphatic carbocycles. The average Bonchev–Trinajstić information content (AvgIpc) is 2.90. The summed E-state index contributed by atoms with van der Waals surface area (Å²) in [5.41, 5.74) is 9.13. The SMILES string of the molecule is CC(C)Oc1ccccc1-c1cccc2c1O[C@@H](CN)C2. The van der Waals surface area contributed by atoms with E-state index >= 15 is 0 Å². The number of ether oxygens (including phenoxy) is 2. The molecular weight excluding hydrogens is 262 g/mol. The quantitative estimate of drug-likeness (QED) is 0.935. The van der Waals surface area contributed by atoms with Crippen LogP contribution in [0.4, 0.5) is 0 Å². The molecule has 0 saturated carbocycles. The van der Waals surface area contributed by atoms with Gasteiger partial charge in [-0.1, -0.05) is 36.4 Å². The van der Waals surface area contributed by atoms with Crippen LogP contribution < -0.4 is 15.2 Å². The maximum atomic E-state index is 6.02. The number of hydrogen-bond donors (Lipinski definition) is 1. The fraction of sp³-hybridized carbons (Fsp3) is 0.333. The second kappa shape index (κ2) is 5.78. The van der Waals surface area contributed by atoms with Gasteiger partial charge in [-0.3, -0.25) is 0 Å². The van der Waals surface area contributed by atoms with Gasteiger partial charge in [-0.2, -0.15) is 0 Å². The molecule has 0 fully saturated rings. The van der Waals surface area contributed by atoms with E-state index in [1.165, 1.54) is 5.56 Å². The molecule has 1 heterocycles. The first-order chi connectivity index (χ1) is 10.2.